The first kappa shape index (κ1) is 17.7. The van der Waals surface area contributed by atoms with E-state index in [-0.39, 0.29) is 17.9 Å². The molecule has 4 aromatic carbocycles. The van der Waals surface area contributed by atoms with Crippen LogP contribution >= 0.6 is 15.9 Å². The maximum atomic E-state index is 13.0. The SMILES string of the molecule is CC(C)n1c2ccc(Br)cc2c2c3c(c4c5ccccc5ccc4c21)C(=O)NC3=O. The van der Waals surface area contributed by atoms with E-state index in [1.165, 1.54) is 0 Å². The second-order valence-electron chi connectivity index (χ2n) is 8.09. The molecule has 0 saturated carbocycles. The number of amides is 2. The maximum Gasteiger partial charge on any atom is 0.259 e. The van der Waals surface area contributed by atoms with Gasteiger partial charge in [-0.15, -0.1) is 0 Å². The average molecular weight is 457 g/mol. The third kappa shape index (κ3) is 2.10. The molecule has 4 nitrogen and oxygen atoms in total. The van der Waals surface area contributed by atoms with Crippen molar-refractivity contribution in [3.05, 3.63) is 70.2 Å². The van der Waals surface area contributed by atoms with Gasteiger partial charge in [-0.25, -0.2) is 0 Å². The smallest absolute Gasteiger partial charge is 0.259 e. The zero-order chi connectivity index (χ0) is 20.7. The molecular formula is C25H17BrN2O2. The van der Waals surface area contributed by atoms with Gasteiger partial charge in [-0.3, -0.25) is 14.9 Å². The van der Waals surface area contributed by atoms with Gasteiger partial charge in [0.25, 0.3) is 11.8 Å². The van der Waals surface area contributed by atoms with Crippen LogP contribution in [0.1, 0.15) is 40.6 Å². The molecule has 5 heteroatoms. The summed E-state index contributed by atoms with van der Waals surface area (Å²) in [6, 6.07) is 18.5. The van der Waals surface area contributed by atoms with Crippen molar-refractivity contribution in [3.8, 4) is 0 Å². The number of rotatable bonds is 1. The number of nitrogens with zero attached hydrogens (tertiary/aromatic N) is 1. The highest BCUT2D eigenvalue weighted by Crippen LogP contribution is 2.44. The van der Waals surface area contributed by atoms with E-state index in [4.69, 9.17) is 0 Å². The molecule has 6 rings (SSSR count). The van der Waals surface area contributed by atoms with Gasteiger partial charge in [0.1, 0.15) is 0 Å². The third-order valence-electron chi connectivity index (χ3n) is 6.10. The molecule has 1 aromatic heterocycles. The lowest BCUT2D eigenvalue weighted by atomic mass is 9.91. The molecule has 0 spiro atoms. The van der Waals surface area contributed by atoms with Crippen LogP contribution in [0.25, 0.3) is 43.4 Å². The number of nitrogens with one attached hydrogen (secondary N) is 1. The van der Waals surface area contributed by atoms with E-state index >= 15 is 0 Å². The summed E-state index contributed by atoms with van der Waals surface area (Å²) in [5.41, 5.74) is 3.03. The Morgan fingerprint density at radius 3 is 2.33 bits per heavy atom. The zero-order valence-corrected chi connectivity index (χ0v) is 18.0. The summed E-state index contributed by atoms with van der Waals surface area (Å²) in [4.78, 5) is 26.0. The number of fused-ring (bicyclic) bond motifs is 10. The number of halogens is 1. The van der Waals surface area contributed by atoms with Crippen LogP contribution < -0.4 is 5.32 Å². The van der Waals surface area contributed by atoms with E-state index in [9.17, 15) is 9.59 Å². The fraction of sp³-hybridized carbons (Fsp3) is 0.120. The lowest BCUT2D eigenvalue weighted by Crippen LogP contribution is -2.20. The van der Waals surface area contributed by atoms with Crippen molar-refractivity contribution >= 4 is 71.1 Å². The largest absolute Gasteiger partial charge is 0.337 e. The first-order chi connectivity index (χ1) is 14.5. The highest BCUT2D eigenvalue weighted by molar-refractivity contribution is 9.10. The van der Waals surface area contributed by atoms with Crippen LogP contribution in [0.2, 0.25) is 0 Å². The van der Waals surface area contributed by atoms with Crippen molar-refractivity contribution in [3.63, 3.8) is 0 Å². The molecule has 5 aromatic rings. The van der Waals surface area contributed by atoms with Crippen molar-refractivity contribution in [1.82, 2.24) is 9.88 Å². The van der Waals surface area contributed by atoms with Crippen LogP contribution in [0.5, 0.6) is 0 Å². The topological polar surface area (TPSA) is 51.1 Å². The Morgan fingerprint density at radius 1 is 0.833 bits per heavy atom. The van der Waals surface area contributed by atoms with Gasteiger partial charge in [-0.2, -0.15) is 0 Å². The quantitative estimate of drug-likeness (QED) is 0.236. The molecule has 30 heavy (non-hydrogen) atoms. The van der Waals surface area contributed by atoms with E-state index < -0.39 is 0 Å². The lowest BCUT2D eigenvalue weighted by Gasteiger charge is -2.15. The van der Waals surface area contributed by atoms with Gasteiger partial charge >= 0.3 is 0 Å². The van der Waals surface area contributed by atoms with Gasteiger partial charge in [0.15, 0.2) is 0 Å². The van der Waals surface area contributed by atoms with Crippen LogP contribution in [0.4, 0.5) is 0 Å². The monoisotopic (exact) mass is 456 g/mol. The number of hydrogen-bond acceptors (Lipinski definition) is 2. The summed E-state index contributed by atoms with van der Waals surface area (Å²) >= 11 is 3.58. The van der Waals surface area contributed by atoms with Gasteiger partial charge in [-0.05, 0) is 42.8 Å². The summed E-state index contributed by atoms with van der Waals surface area (Å²) < 4.78 is 3.22. The highest BCUT2D eigenvalue weighted by atomic mass is 79.9. The molecule has 1 aliphatic heterocycles. The van der Waals surface area contributed by atoms with E-state index in [0.29, 0.717) is 11.1 Å². The predicted octanol–water partition coefficient (Wildman–Crippen LogP) is 6.33. The number of imide groups is 1. The molecule has 2 amide bonds. The molecule has 0 saturated heterocycles. The summed E-state index contributed by atoms with van der Waals surface area (Å²) in [7, 11) is 0. The van der Waals surface area contributed by atoms with Gasteiger partial charge in [0.05, 0.1) is 16.6 Å². The normalized spacial score (nSPS) is 13.9. The predicted molar refractivity (Wildman–Crippen MR) is 124 cm³/mol. The Morgan fingerprint density at radius 2 is 1.57 bits per heavy atom. The Bertz CT molecular complexity index is 1590. The number of carbonyl (C=O) groups excluding carboxylic acids is 2. The molecule has 0 radical (unpaired) electrons. The van der Waals surface area contributed by atoms with Crippen molar-refractivity contribution < 1.29 is 9.59 Å². The van der Waals surface area contributed by atoms with Gasteiger partial charge < -0.3 is 4.57 Å². The minimum absolute atomic E-state index is 0.180. The average Bonchev–Trinajstić information content (AvgIpc) is 3.21. The first-order valence-corrected chi connectivity index (χ1v) is 10.7. The van der Waals surface area contributed by atoms with Gasteiger partial charge in [0, 0.05) is 37.6 Å². The van der Waals surface area contributed by atoms with E-state index in [1.54, 1.807) is 0 Å². The third-order valence-corrected chi connectivity index (χ3v) is 6.59. The van der Waals surface area contributed by atoms with Crippen LogP contribution in [-0.4, -0.2) is 16.4 Å². The molecule has 0 fully saturated rings. The fourth-order valence-corrected chi connectivity index (χ4v) is 5.37. The number of benzene rings is 4. The van der Waals surface area contributed by atoms with Crippen molar-refractivity contribution in [2.24, 2.45) is 0 Å². The fourth-order valence-electron chi connectivity index (χ4n) is 5.01. The van der Waals surface area contributed by atoms with Crippen LogP contribution in [0.15, 0.2) is 59.1 Å². The molecule has 1 N–H and O–H groups in total. The molecule has 0 aliphatic carbocycles. The zero-order valence-electron chi connectivity index (χ0n) is 16.4. The highest BCUT2D eigenvalue weighted by Gasteiger charge is 2.35. The maximum absolute atomic E-state index is 13.0. The molecule has 0 atom stereocenters. The lowest BCUT2D eigenvalue weighted by molar-refractivity contribution is 0.0880. The number of aromatic nitrogens is 1. The van der Waals surface area contributed by atoms with Crippen molar-refractivity contribution in [2.75, 3.05) is 0 Å². The summed E-state index contributed by atoms with van der Waals surface area (Å²) in [6.45, 7) is 4.29. The Kier molecular flexibility index (Phi) is 3.49. The molecular weight excluding hydrogens is 440 g/mol. The first-order valence-electron chi connectivity index (χ1n) is 9.93. The van der Waals surface area contributed by atoms with Crippen molar-refractivity contribution in [1.29, 1.82) is 0 Å². The molecule has 146 valence electrons. The summed E-state index contributed by atoms with van der Waals surface area (Å²) in [5, 5.41) is 8.25. The Labute approximate surface area is 180 Å². The Balaban J connectivity index is 2.04. The molecule has 0 unspecified atom stereocenters. The van der Waals surface area contributed by atoms with Gasteiger partial charge in [-0.1, -0.05) is 52.3 Å². The second-order valence-corrected chi connectivity index (χ2v) is 9.01. The molecule has 0 bridgehead atoms. The van der Waals surface area contributed by atoms with E-state index in [1.807, 2.05) is 36.4 Å². The standard InChI is InChI=1S/C25H17BrN2O2/c1-12(2)28-18-10-8-14(26)11-17(18)20-22-21(24(29)27-25(22)30)19-15-6-4-3-5-13(15)7-9-16(19)23(20)28/h3-12H,1-2H3,(H,27,29,30). The van der Waals surface area contributed by atoms with E-state index in [0.717, 1.165) is 47.8 Å². The van der Waals surface area contributed by atoms with Crippen LogP contribution in [-0.2, 0) is 0 Å². The Hall–Kier alpha value is -3.18. The van der Waals surface area contributed by atoms with E-state index in [2.05, 4.69) is 57.9 Å². The minimum Gasteiger partial charge on any atom is -0.337 e. The molecule has 2 heterocycles. The van der Waals surface area contributed by atoms with Crippen LogP contribution in [0.3, 0.4) is 0 Å². The summed E-state index contributed by atoms with van der Waals surface area (Å²) in [6.07, 6.45) is 0. The van der Waals surface area contributed by atoms with Crippen LogP contribution in [0, 0.1) is 0 Å². The number of hydrogen-bond donors (Lipinski definition) is 1. The molecule has 1 aliphatic rings. The number of carbonyl (C=O) groups is 2. The minimum atomic E-state index is -0.322. The second kappa shape index (κ2) is 5.92. The van der Waals surface area contributed by atoms with Gasteiger partial charge in [0.2, 0.25) is 0 Å². The van der Waals surface area contributed by atoms with Crippen molar-refractivity contribution in [2.45, 2.75) is 19.9 Å². The summed E-state index contributed by atoms with van der Waals surface area (Å²) in [5.74, 6) is -0.642.